The number of hydrogen-bond donors (Lipinski definition) is 1. The standard InChI is InChI=1S/C30H39N3O6/c1-6-38-28(36)25(20-23-15-11-8-12-16-23)33-18-17-32(24(27(33)35)19-22-13-9-7-10-14-22)26(34)21(2)31-29(37)39-30(3,4)5/h7-16,21,24-25H,6,17-20H2,1-5H3,(H,31,37)/t21-,24+,25-/m1/s1. The number of piperazine rings is 1. The molecule has 2 aromatic rings. The van der Waals surface area contributed by atoms with Crippen LogP contribution in [0.15, 0.2) is 60.7 Å². The number of esters is 1. The summed E-state index contributed by atoms with van der Waals surface area (Å²) < 4.78 is 10.6. The Morgan fingerprint density at radius 1 is 0.974 bits per heavy atom. The molecule has 1 saturated heterocycles. The number of amides is 3. The van der Waals surface area contributed by atoms with Crippen molar-refractivity contribution in [3.63, 3.8) is 0 Å². The number of hydrogen-bond acceptors (Lipinski definition) is 6. The van der Waals surface area contributed by atoms with Crippen LogP contribution in [-0.4, -0.2) is 77.1 Å². The Bertz CT molecular complexity index is 1130. The fraction of sp³-hybridized carbons (Fsp3) is 0.467. The van der Waals surface area contributed by atoms with Gasteiger partial charge in [0.25, 0.3) is 0 Å². The van der Waals surface area contributed by atoms with Gasteiger partial charge in [-0.25, -0.2) is 9.59 Å². The first-order valence-corrected chi connectivity index (χ1v) is 13.3. The van der Waals surface area contributed by atoms with E-state index in [0.29, 0.717) is 6.42 Å². The summed E-state index contributed by atoms with van der Waals surface area (Å²) in [6.45, 7) is 9.07. The Hall–Kier alpha value is -3.88. The topological polar surface area (TPSA) is 105 Å². The molecule has 9 nitrogen and oxygen atoms in total. The molecule has 0 spiro atoms. The van der Waals surface area contributed by atoms with E-state index in [0.717, 1.165) is 11.1 Å². The quantitative estimate of drug-likeness (QED) is 0.492. The molecule has 3 rings (SSSR count). The molecule has 0 radical (unpaired) electrons. The number of ether oxygens (including phenoxy) is 2. The van der Waals surface area contributed by atoms with Gasteiger partial charge in [0, 0.05) is 25.9 Å². The number of benzene rings is 2. The van der Waals surface area contributed by atoms with Gasteiger partial charge in [0.1, 0.15) is 23.7 Å². The van der Waals surface area contributed by atoms with Gasteiger partial charge in [-0.1, -0.05) is 60.7 Å². The van der Waals surface area contributed by atoms with E-state index in [2.05, 4.69) is 5.32 Å². The monoisotopic (exact) mass is 537 g/mol. The number of nitrogens with zero attached hydrogens (tertiary/aromatic N) is 2. The second kappa shape index (κ2) is 13.3. The van der Waals surface area contributed by atoms with Gasteiger partial charge in [-0.2, -0.15) is 0 Å². The summed E-state index contributed by atoms with van der Waals surface area (Å²) in [5.41, 5.74) is 1.06. The van der Waals surface area contributed by atoms with Crippen molar-refractivity contribution in [2.75, 3.05) is 19.7 Å². The van der Waals surface area contributed by atoms with Crippen LogP contribution in [0.3, 0.4) is 0 Å². The van der Waals surface area contributed by atoms with E-state index in [9.17, 15) is 19.2 Å². The van der Waals surface area contributed by atoms with Gasteiger partial charge in [0.15, 0.2) is 0 Å². The third-order valence-electron chi connectivity index (χ3n) is 6.39. The van der Waals surface area contributed by atoms with Crippen molar-refractivity contribution >= 4 is 23.9 Å². The molecule has 2 aromatic carbocycles. The zero-order valence-electron chi connectivity index (χ0n) is 23.4. The molecule has 0 unspecified atom stereocenters. The first kappa shape index (κ1) is 29.7. The second-order valence-corrected chi connectivity index (χ2v) is 10.6. The molecule has 1 N–H and O–H groups in total. The van der Waals surface area contributed by atoms with Crippen LogP contribution < -0.4 is 5.32 Å². The molecule has 9 heteroatoms. The Morgan fingerprint density at radius 3 is 2.13 bits per heavy atom. The number of alkyl carbamates (subject to hydrolysis) is 1. The zero-order valence-corrected chi connectivity index (χ0v) is 23.4. The zero-order chi connectivity index (χ0) is 28.6. The molecule has 3 amide bonds. The van der Waals surface area contributed by atoms with Crippen molar-refractivity contribution < 1.29 is 28.7 Å². The van der Waals surface area contributed by atoms with Crippen LogP contribution in [0.25, 0.3) is 0 Å². The lowest BCUT2D eigenvalue weighted by Gasteiger charge is -2.44. The molecule has 0 bridgehead atoms. The molecular weight excluding hydrogens is 498 g/mol. The molecule has 1 heterocycles. The van der Waals surface area contributed by atoms with Crippen LogP contribution in [0.5, 0.6) is 0 Å². The first-order valence-electron chi connectivity index (χ1n) is 13.3. The van der Waals surface area contributed by atoms with Crippen molar-refractivity contribution in [1.29, 1.82) is 0 Å². The molecule has 0 aliphatic carbocycles. The van der Waals surface area contributed by atoms with E-state index in [1.54, 1.807) is 34.6 Å². The summed E-state index contributed by atoms with van der Waals surface area (Å²) in [6.07, 6.45) is -0.145. The highest BCUT2D eigenvalue weighted by Gasteiger charge is 2.43. The van der Waals surface area contributed by atoms with E-state index in [1.165, 1.54) is 9.80 Å². The van der Waals surface area contributed by atoms with Gasteiger partial charge in [0.05, 0.1) is 6.61 Å². The summed E-state index contributed by atoms with van der Waals surface area (Å²) in [6, 6.07) is 16.3. The normalized spacial score (nSPS) is 17.3. The van der Waals surface area contributed by atoms with Crippen LogP contribution in [0.4, 0.5) is 4.79 Å². The molecule has 1 aliphatic rings. The highest BCUT2D eigenvalue weighted by molar-refractivity contribution is 5.94. The van der Waals surface area contributed by atoms with Crippen molar-refractivity contribution in [3.8, 4) is 0 Å². The molecule has 210 valence electrons. The van der Waals surface area contributed by atoms with Gasteiger partial charge in [-0.15, -0.1) is 0 Å². The molecular formula is C30H39N3O6. The van der Waals surface area contributed by atoms with Crippen molar-refractivity contribution in [2.24, 2.45) is 0 Å². The maximum absolute atomic E-state index is 14.0. The number of nitrogens with one attached hydrogen (secondary N) is 1. The van der Waals surface area contributed by atoms with Crippen LogP contribution in [-0.2, 0) is 36.7 Å². The minimum absolute atomic E-state index is 0.158. The average molecular weight is 538 g/mol. The minimum atomic E-state index is -0.914. The predicted octanol–water partition coefficient (Wildman–Crippen LogP) is 3.36. The third-order valence-corrected chi connectivity index (χ3v) is 6.39. The molecule has 0 saturated carbocycles. The molecule has 39 heavy (non-hydrogen) atoms. The molecule has 3 atom stereocenters. The van der Waals surface area contributed by atoms with Crippen LogP contribution in [0, 0.1) is 0 Å². The maximum Gasteiger partial charge on any atom is 0.408 e. The Kier molecular flexibility index (Phi) is 10.1. The van der Waals surface area contributed by atoms with Crippen molar-refractivity contribution in [2.45, 2.75) is 71.2 Å². The van der Waals surface area contributed by atoms with Crippen LogP contribution >= 0.6 is 0 Å². The maximum atomic E-state index is 14.0. The summed E-state index contributed by atoms with van der Waals surface area (Å²) in [4.78, 5) is 56.0. The van der Waals surface area contributed by atoms with Gasteiger partial charge in [-0.05, 0) is 45.7 Å². The highest BCUT2D eigenvalue weighted by atomic mass is 16.6. The summed E-state index contributed by atoms with van der Waals surface area (Å²) in [7, 11) is 0. The predicted molar refractivity (Wildman–Crippen MR) is 147 cm³/mol. The Balaban J connectivity index is 1.87. The fourth-order valence-corrected chi connectivity index (χ4v) is 4.61. The van der Waals surface area contributed by atoms with E-state index in [-0.39, 0.29) is 32.0 Å². The average Bonchev–Trinajstić information content (AvgIpc) is 2.88. The number of carbonyl (C=O) groups is 4. The Labute approximate surface area is 230 Å². The lowest BCUT2D eigenvalue weighted by atomic mass is 9.97. The van der Waals surface area contributed by atoms with Crippen LogP contribution in [0.1, 0.15) is 45.7 Å². The summed E-state index contributed by atoms with van der Waals surface area (Å²) in [5, 5.41) is 2.58. The smallest absolute Gasteiger partial charge is 0.408 e. The highest BCUT2D eigenvalue weighted by Crippen LogP contribution is 2.22. The Morgan fingerprint density at radius 2 is 1.56 bits per heavy atom. The minimum Gasteiger partial charge on any atom is -0.464 e. The molecule has 0 aromatic heterocycles. The van der Waals surface area contributed by atoms with Gasteiger partial charge >= 0.3 is 12.1 Å². The van der Waals surface area contributed by atoms with E-state index >= 15 is 0 Å². The van der Waals surface area contributed by atoms with E-state index < -0.39 is 41.7 Å². The van der Waals surface area contributed by atoms with Crippen molar-refractivity contribution in [1.82, 2.24) is 15.1 Å². The number of carbonyl (C=O) groups excluding carboxylic acids is 4. The fourth-order valence-electron chi connectivity index (χ4n) is 4.61. The van der Waals surface area contributed by atoms with Crippen LogP contribution in [0.2, 0.25) is 0 Å². The van der Waals surface area contributed by atoms with E-state index in [1.807, 2.05) is 60.7 Å². The van der Waals surface area contributed by atoms with E-state index in [4.69, 9.17) is 9.47 Å². The number of rotatable bonds is 9. The van der Waals surface area contributed by atoms with Gasteiger partial charge in [0.2, 0.25) is 11.8 Å². The summed E-state index contributed by atoms with van der Waals surface area (Å²) in [5.74, 6) is -1.21. The lowest BCUT2D eigenvalue weighted by molar-refractivity contribution is -0.162. The summed E-state index contributed by atoms with van der Waals surface area (Å²) >= 11 is 0. The SMILES string of the molecule is CCOC(=O)[C@@H](Cc1ccccc1)N1CCN(C(=O)[C@@H](C)NC(=O)OC(C)(C)C)[C@@H](Cc2ccccc2)C1=O. The van der Waals surface area contributed by atoms with Gasteiger partial charge in [-0.3, -0.25) is 9.59 Å². The third kappa shape index (κ3) is 8.30. The first-order chi connectivity index (χ1) is 18.5. The van der Waals surface area contributed by atoms with Gasteiger partial charge < -0.3 is 24.6 Å². The largest absolute Gasteiger partial charge is 0.464 e. The lowest BCUT2D eigenvalue weighted by Crippen LogP contribution is -2.65. The van der Waals surface area contributed by atoms with Crippen molar-refractivity contribution in [3.05, 3.63) is 71.8 Å². The molecule has 1 aliphatic heterocycles. The second-order valence-electron chi connectivity index (χ2n) is 10.6. The molecule has 1 fully saturated rings.